The first-order chi connectivity index (χ1) is 12.0. The molecule has 2 aromatic carbocycles. The zero-order valence-corrected chi connectivity index (χ0v) is 13.5. The Labute approximate surface area is 144 Å². The largest absolute Gasteiger partial charge is 0.478 e. The van der Waals surface area contributed by atoms with Crippen molar-refractivity contribution in [3.63, 3.8) is 0 Å². The fraction of sp³-hybridized carbons (Fsp3) is 0.263. The van der Waals surface area contributed by atoms with Crippen molar-refractivity contribution in [2.45, 2.75) is 18.3 Å². The molecule has 6 heteroatoms. The summed E-state index contributed by atoms with van der Waals surface area (Å²) in [5.74, 6) is -2.31. The molecule has 0 bridgehead atoms. The highest BCUT2D eigenvalue weighted by Crippen LogP contribution is 2.36. The van der Waals surface area contributed by atoms with Crippen LogP contribution in [-0.2, 0) is 14.9 Å². The molecular formula is C19H18FNO4. The number of carbonyl (C=O) groups excluding carboxylic acids is 1. The van der Waals surface area contributed by atoms with E-state index in [1.54, 1.807) is 0 Å². The molecule has 1 heterocycles. The predicted molar refractivity (Wildman–Crippen MR) is 90.2 cm³/mol. The van der Waals surface area contributed by atoms with Gasteiger partial charge in [0.05, 0.1) is 16.7 Å². The molecule has 0 radical (unpaired) electrons. The van der Waals surface area contributed by atoms with Gasteiger partial charge in [0.25, 0.3) is 0 Å². The van der Waals surface area contributed by atoms with Crippen LogP contribution < -0.4 is 5.32 Å². The quantitative estimate of drug-likeness (QED) is 0.894. The van der Waals surface area contributed by atoms with Crippen LogP contribution in [0.2, 0.25) is 0 Å². The second-order valence-corrected chi connectivity index (χ2v) is 6.01. The number of carboxylic acids is 1. The van der Waals surface area contributed by atoms with Crippen molar-refractivity contribution in [2.24, 2.45) is 0 Å². The third-order valence-corrected chi connectivity index (χ3v) is 4.57. The lowest BCUT2D eigenvalue weighted by Gasteiger charge is -2.36. The number of rotatable bonds is 4. The third kappa shape index (κ3) is 3.39. The molecule has 2 N–H and O–H groups in total. The third-order valence-electron chi connectivity index (χ3n) is 4.57. The monoisotopic (exact) mass is 343 g/mol. The Balaban J connectivity index is 1.90. The minimum absolute atomic E-state index is 0.0307. The molecule has 0 atom stereocenters. The summed E-state index contributed by atoms with van der Waals surface area (Å²) in [7, 11) is 0. The normalized spacial score (nSPS) is 16.2. The highest BCUT2D eigenvalue weighted by Gasteiger charge is 2.41. The zero-order valence-electron chi connectivity index (χ0n) is 13.5. The van der Waals surface area contributed by atoms with E-state index in [0.29, 0.717) is 26.1 Å². The van der Waals surface area contributed by atoms with Crippen molar-refractivity contribution in [3.8, 4) is 0 Å². The van der Waals surface area contributed by atoms with Crippen LogP contribution in [0.5, 0.6) is 0 Å². The number of aromatic carboxylic acids is 1. The highest BCUT2D eigenvalue weighted by molar-refractivity contribution is 5.99. The first-order valence-electron chi connectivity index (χ1n) is 8.00. The number of hydrogen-bond acceptors (Lipinski definition) is 3. The van der Waals surface area contributed by atoms with Crippen LogP contribution in [0.25, 0.3) is 0 Å². The van der Waals surface area contributed by atoms with Crippen molar-refractivity contribution in [2.75, 3.05) is 18.5 Å². The van der Waals surface area contributed by atoms with Crippen molar-refractivity contribution >= 4 is 17.6 Å². The van der Waals surface area contributed by atoms with Crippen LogP contribution in [0.4, 0.5) is 10.1 Å². The fourth-order valence-corrected chi connectivity index (χ4v) is 3.12. The summed E-state index contributed by atoms with van der Waals surface area (Å²) >= 11 is 0. The molecule has 1 fully saturated rings. The van der Waals surface area contributed by atoms with Gasteiger partial charge in [-0.15, -0.1) is 0 Å². The molecule has 1 amide bonds. The van der Waals surface area contributed by atoms with E-state index in [2.05, 4.69) is 5.32 Å². The molecule has 1 aliphatic rings. The first-order valence-corrected chi connectivity index (χ1v) is 8.00. The Bertz CT molecular complexity index is 785. The van der Waals surface area contributed by atoms with Crippen molar-refractivity contribution < 1.29 is 23.8 Å². The number of halogens is 1. The van der Waals surface area contributed by atoms with Gasteiger partial charge in [0.2, 0.25) is 5.91 Å². The Hall–Kier alpha value is -2.73. The van der Waals surface area contributed by atoms with E-state index in [4.69, 9.17) is 9.84 Å². The molecule has 5 nitrogen and oxygen atoms in total. The molecule has 0 spiro atoms. The van der Waals surface area contributed by atoms with Gasteiger partial charge in [-0.05, 0) is 36.6 Å². The molecule has 2 aromatic rings. The van der Waals surface area contributed by atoms with Gasteiger partial charge in [0.15, 0.2) is 0 Å². The molecule has 130 valence electrons. The molecule has 0 unspecified atom stereocenters. The van der Waals surface area contributed by atoms with Gasteiger partial charge < -0.3 is 15.2 Å². The Morgan fingerprint density at radius 1 is 1.08 bits per heavy atom. The summed E-state index contributed by atoms with van der Waals surface area (Å²) in [6, 6.07) is 12.8. The van der Waals surface area contributed by atoms with Gasteiger partial charge in [-0.2, -0.15) is 0 Å². The second-order valence-electron chi connectivity index (χ2n) is 6.01. The number of ether oxygens (including phenoxy) is 1. The van der Waals surface area contributed by atoms with Crippen LogP contribution >= 0.6 is 0 Å². The molecule has 3 rings (SSSR count). The maximum absolute atomic E-state index is 14.2. The minimum atomic E-state index is -1.22. The number of carbonyl (C=O) groups is 2. The standard InChI is InChI=1S/C19H18FNO4/c20-15-12-13(17(22)23)6-7-16(15)21-18(24)19(8-10-25-11-9-19)14-4-2-1-3-5-14/h1-7,12H,8-11H2,(H,21,24)(H,22,23). The summed E-state index contributed by atoms with van der Waals surface area (Å²) in [5, 5.41) is 11.5. The Morgan fingerprint density at radius 3 is 2.36 bits per heavy atom. The zero-order chi connectivity index (χ0) is 17.9. The van der Waals surface area contributed by atoms with Gasteiger partial charge in [-0.1, -0.05) is 30.3 Å². The summed E-state index contributed by atoms with van der Waals surface area (Å²) in [5.41, 5.74) is -0.133. The number of benzene rings is 2. The summed E-state index contributed by atoms with van der Waals surface area (Å²) < 4.78 is 19.6. The van der Waals surface area contributed by atoms with E-state index in [1.807, 2.05) is 30.3 Å². The lowest BCUT2D eigenvalue weighted by Crippen LogP contribution is -2.45. The second kappa shape index (κ2) is 7.03. The average Bonchev–Trinajstić information content (AvgIpc) is 2.64. The minimum Gasteiger partial charge on any atom is -0.478 e. The molecule has 0 aromatic heterocycles. The fourth-order valence-electron chi connectivity index (χ4n) is 3.12. The van der Waals surface area contributed by atoms with E-state index < -0.39 is 17.2 Å². The molecule has 0 saturated carbocycles. The smallest absolute Gasteiger partial charge is 0.335 e. The molecule has 0 aliphatic carbocycles. The maximum atomic E-state index is 14.2. The lowest BCUT2D eigenvalue weighted by atomic mass is 9.73. The van der Waals surface area contributed by atoms with Crippen molar-refractivity contribution in [1.82, 2.24) is 0 Å². The maximum Gasteiger partial charge on any atom is 0.335 e. The lowest BCUT2D eigenvalue weighted by molar-refractivity contribution is -0.125. The SMILES string of the molecule is O=C(O)c1ccc(NC(=O)C2(c3ccccc3)CCOCC2)c(F)c1. The van der Waals surface area contributed by atoms with E-state index in [1.165, 1.54) is 12.1 Å². The van der Waals surface area contributed by atoms with Crippen molar-refractivity contribution in [1.29, 1.82) is 0 Å². The number of nitrogens with one attached hydrogen (secondary N) is 1. The number of carboxylic acid groups (broad SMARTS) is 1. The van der Waals surface area contributed by atoms with Gasteiger partial charge in [0, 0.05) is 13.2 Å². The van der Waals surface area contributed by atoms with E-state index in [0.717, 1.165) is 11.6 Å². The number of hydrogen-bond donors (Lipinski definition) is 2. The first kappa shape index (κ1) is 17.1. The van der Waals surface area contributed by atoms with Gasteiger partial charge in [-0.3, -0.25) is 4.79 Å². The number of amides is 1. The summed E-state index contributed by atoms with van der Waals surface area (Å²) in [6.45, 7) is 0.894. The van der Waals surface area contributed by atoms with Gasteiger partial charge in [-0.25, -0.2) is 9.18 Å². The van der Waals surface area contributed by atoms with Crippen LogP contribution in [0.15, 0.2) is 48.5 Å². The Kier molecular flexibility index (Phi) is 4.81. The molecular weight excluding hydrogens is 325 g/mol. The van der Waals surface area contributed by atoms with E-state index in [9.17, 15) is 14.0 Å². The number of anilines is 1. The van der Waals surface area contributed by atoms with E-state index in [-0.39, 0.29) is 17.2 Å². The average molecular weight is 343 g/mol. The summed E-state index contributed by atoms with van der Waals surface area (Å²) in [4.78, 5) is 23.9. The topological polar surface area (TPSA) is 75.6 Å². The van der Waals surface area contributed by atoms with Crippen molar-refractivity contribution in [3.05, 3.63) is 65.5 Å². The summed E-state index contributed by atoms with van der Waals surface area (Å²) in [6.07, 6.45) is 0.995. The molecule has 25 heavy (non-hydrogen) atoms. The Morgan fingerprint density at radius 2 is 1.76 bits per heavy atom. The highest BCUT2D eigenvalue weighted by atomic mass is 19.1. The van der Waals surface area contributed by atoms with Gasteiger partial charge in [0.1, 0.15) is 5.82 Å². The predicted octanol–water partition coefficient (Wildman–Crippen LogP) is 3.21. The van der Waals surface area contributed by atoms with Crippen LogP contribution in [-0.4, -0.2) is 30.2 Å². The van der Waals surface area contributed by atoms with E-state index >= 15 is 0 Å². The van der Waals surface area contributed by atoms with Gasteiger partial charge >= 0.3 is 5.97 Å². The molecule has 1 saturated heterocycles. The van der Waals surface area contributed by atoms with Crippen LogP contribution in [0, 0.1) is 5.82 Å². The van der Waals surface area contributed by atoms with Crippen LogP contribution in [0.3, 0.4) is 0 Å². The van der Waals surface area contributed by atoms with Crippen LogP contribution in [0.1, 0.15) is 28.8 Å². The molecule has 1 aliphatic heterocycles.